The molecule has 44 heavy (non-hydrogen) atoms. The minimum atomic E-state index is -2.53. The van der Waals surface area contributed by atoms with Gasteiger partial charge in [-0.2, -0.15) is 0 Å². The van der Waals surface area contributed by atoms with Crippen LogP contribution in [0.4, 0.5) is 0 Å². The molecule has 1 heterocycles. The van der Waals surface area contributed by atoms with E-state index < -0.39 is 46.0 Å². The van der Waals surface area contributed by atoms with E-state index in [2.05, 4.69) is 6.08 Å². The van der Waals surface area contributed by atoms with Gasteiger partial charge in [0.2, 0.25) is 11.6 Å². The maximum Gasteiger partial charge on any atom is 0.207 e. The molecule has 4 rings (SSSR count). The molecule has 2 aromatic carbocycles. The Bertz CT molecular complexity index is 1560. The maximum absolute atomic E-state index is 13.6. The number of phenols is 3. The van der Waals surface area contributed by atoms with Crippen molar-refractivity contribution < 1.29 is 45.0 Å². The first-order chi connectivity index (χ1) is 20.3. The Morgan fingerprint density at radius 1 is 1.02 bits per heavy atom. The second-order valence-electron chi connectivity index (χ2n) is 13.6. The second kappa shape index (κ2) is 11.9. The Kier molecular flexibility index (Phi) is 9.12. The van der Waals surface area contributed by atoms with Crippen molar-refractivity contribution in [2.24, 2.45) is 0 Å². The molecule has 3 unspecified atom stereocenters. The van der Waals surface area contributed by atoms with Gasteiger partial charge < -0.3 is 35.4 Å². The van der Waals surface area contributed by atoms with Crippen molar-refractivity contribution in [3.05, 3.63) is 51.6 Å². The number of aliphatic hydroxyl groups is 3. The molecule has 0 saturated carbocycles. The highest BCUT2D eigenvalue weighted by Gasteiger charge is 2.51. The summed E-state index contributed by atoms with van der Waals surface area (Å²) in [4.78, 5) is 27.1. The maximum atomic E-state index is 13.6. The van der Waals surface area contributed by atoms with E-state index in [0.29, 0.717) is 44.1 Å². The minimum Gasteiger partial charge on any atom is -0.507 e. The number of hydrogen-bond acceptors (Lipinski definition) is 9. The highest BCUT2D eigenvalue weighted by atomic mass is 16.5. The van der Waals surface area contributed by atoms with Crippen LogP contribution in [-0.4, -0.2) is 71.2 Å². The van der Waals surface area contributed by atoms with E-state index in [-0.39, 0.29) is 45.7 Å². The lowest BCUT2D eigenvalue weighted by molar-refractivity contribution is -0.153. The summed E-state index contributed by atoms with van der Waals surface area (Å²) in [5.41, 5.74) is -2.38. The van der Waals surface area contributed by atoms with Gasteiger partial charge in [0.05, 0.1) is 34.5 Å². The number of rotatable bonds is 10. The summed E-state index contributed by atoms with van der Waals surface area (Å²) in [6.07, 6.45) is 6.19. The zero-order valence-electron chi connectivity index (χ0n) is 26.7. The van der Waals surface area contributed by atoms with E-state index in [1.807, 2.05) is 20.8 Å². The molecule has 0 aromatic heterocycles. The lowest BCUT2D eigenvalue weighted by atomic mass is 9.73. The molecule has 2 aromatic rings. The Morgan fingerprint density at radius 3 is 2.25 bits per heavy atom. The number of carbonyl (C=O) groups excluding carboxylic acids is 2. The van der Waals surface area contributed by atoms with E-state index in [1.54, 1.807) is 26.8 Å². The number of aliphatic hydroxyl groups excluding tert-OH is 1. The van der Waals surface area contributed by atoms with E-state index in [9.17, 15) is 40.2 Å². The normalized spacial score (nSPS) is 25.3. The molecular weight excluding hydrogens is 564 g/mol. The van der Waals surface area contributed by atoms with Gasteiger partial charge in [0.1, 0.15) is 17.2 Å². The topological polar surface area (TPSA) is 165 Å². The van der Waals surface area contributed by atoms with Crippen LogP contribution in [0.25, 0.3) is 10.8 Å². The summed E-state index contributed by atoms with van der Waals surface area (Å²) in [5, 5.41) is 64.8. The lowest BCUT2D eigenvalue weighted by Crippen LogP contribution is -2.49. The number of Topliss-reactive ketones (excluding diaryl/α,β-unsaturated/α-hetero) is 2. The first kappa shape index (κ1) is 33.6. The van der Waals surface area contributed by atoms with Gasteiger partial charge in [0.15, 0.2) is 5.60 Å². The van der Waals surface area contributed by atoms with Gasteiger partial charge in [-0.25, -0.2) is 0 Å². The molecule has 0 radical (unpaired) electrons. The van der Waals surface area contributed by atoms with Crippen molar-refractivity contribution in [2.45, 2.75) is 122 Å². The number of benzene rings is 2. The minimum absolute atomic E-state index is 0.0434. The smallest absolute Gasteiger partial charge is 0.207 e. The van der Waals surface area contributed by atoms with Crippen LogP contribution in [-0.2, 0) is 4.74 Å². The average Bonchev–Trinajstić information content (AvgIpc) is 3.36. The lowest BCUT2D eigenvalue weighted by Gasteiger charge is -2.33. The Hall–Kier alpha value is -3.24. The third-order valence-corrected chi connectivity index (χ3v) is 9.54. The summed E-state index contributed by atoms with van der Waals surface area (Å²) in [6.45, 7) is 12.2. The number of aromatic hydroxyl groups is 3. The fourth-order valence-electron chi connectivity index (χ4n) is 6.46. The molecule has 0 amide bonds. The summed E-state index contributed by atoms with van der Waals surface area (Å²) in [6, 6.07) is 1.30. The van der Waals surface area contributed by atoms with Gasteiger partial charge >= 0.3 is 0 Å². The van der Waals surface area contributed by atoms with Crippen molar-refractivity contribution in [3.8, 4) is 17.2 Å². The number of carbonyl (C=O) groups is 2. The first-order valence-electron chi connectivity index (χ1n) is 15.3. The number of hydrogen-bond donors (Lipinski definition) is 6. The van der Waals surface area contributed by atoms with Crippen LogP contribution in [0, 0.1) is 13.8 Å². The molecule has 9 nitrogen and oxygen atoms in total. The molecule has 1 fully saturated rings. The fraction of sp³-hybridized carbons (Fsp3) is 0.543. The molecule has 240 valence electrons. The van der Waals surface area contributed by atoms with Gasteiger partial charge in [0, 0.05) is 22.8 Å². The van der Waals surface area contributed by atoms with Crippen molar-refractivity contribution in [2.75, 3.05) is 0 Å². The van der Waals surface area contributed by atoms with Crippen molar-refractivity contribution >= 4 is 22.3 Å². The summed E-state index contributed by atoms with van der Waals surface area (Å²) in [5.74, 6) is -3.22. The zero-order valence-corrected chi connectivity index (χ0v) is 26.7. The van der Waals surface area contributed by atoms with Crippen molar-refractivity contribution in [1.82, 2.24) is 0 Å². The Labute approximate surface area is 258 Å². The van der Waals surface area contributed by atoms with Gasteiger partial charge in [-0.15, -0.1) is 0 Å². The van der Waals surface area contributed by atoms with Crippen LogP contribution < -0.4 is 0 Å². The molecule has 9 heteroatoms. The van der Waals surface area contributed by atoms with Crippen LogP contribution in [0.1, 0.15) is 111 Å². The molecule has 4 atom stereocenters. The molecule has 1 aliphatic carbocycles. The Morgan fingerprint density at radius 2 is 1.64 bits per heavy atom. The summed E-state index contributed by atoms with van der Waals surface area (Å²) in [7, 11) is 0. The molecule has 1 saturated heterocycles. The number of ketones is 2. The molecular formula is C35H46O9. The molecule has 0 spiro atoms. The van der Waals surface area contributed by atoms with Crippen LogP contribution in [0.3, 0.4) is 0 Å². The monoisotopic (exact) mass is 610 g/mol. The number of allylic oxidation sites excluding steroid dienone is 3. The predicted molar refractivity (Wildman–Crippen MR) is 167 cm³/mol. The van der Waals surface area contributed by atoms with Crippen LogP contribution in [0.2, 0.25) is 0 Å². The third kappa shape index (κ3) is 5.90. The SMILES string of the molecule is C/C(=C\C[C@]1(O)C(=O)c2c(O)cc(C)c3c(O)c(C)c(O)c(c23)C1=O)CC/C=C(\C)CCC(O)C1(C)CCC(C(C)(C)O)O1. The number of ether oxygens (including phenoxy) is 1. The van der Waals surface area contributed by atoms with Crippen LogP contribution in [0.15, 0.2) is 29.4 Å². The molecule has 1 aliphatic heterocycles. The van der Waals surface area contributed by atoms with Crippen molar-refractivity contribution in [3.63, 3.8) is 0 Å². The second-order valence-corrected chi connectivity index (χ2v) is 13.6. The number of aryl methyl sites for hydroxylation is 1. The van der Waals surface area contributed by atoms with E-state index >= 15 is 0 Å². The summed E-state index contributed by atoms with van der Waals surface area (Å²) < 4.78 is 6.05. The van der Waals surface area contributed by atoms with Crippen LogP contribution >= 0.6 is 0 Å². The van der Waals surface area contributed by atoms with E-state index in [1.165, 1.54) is 13.0 Å². The van der Waals surface area contributed by atoms with Gasteiger partial charge in [-0.1, -0.05) is 23.3 Å². The van der Waals surface area contributed by atoms with E-state index in [0.717, 1.165) is 11.1 Å². The summed E-state index contributed by atoms with van der Waals surface area (Å²) >= 11 is 0. The van der Waals surface area contributed by atoms with Crippen molar-refractivity contribution in [1.29, 1.82) is 0 Å². The predicted octanol–water partition coefficient (Wildman–Crippen LogP) is 5.60. The quantitative estimate of drug-likeness (QED) is 0.148. The van der Waals surface area contributed by atoms with Crippen LogP contribution in [0.5, 0.6) is 17.2 Å². The van der Waals surface area contributed by atoms with Gasteiger partial charge in [-0.05, 0) is 98.6 Å². The first-order valence-corrected chi connectivity index (χ1v) is 15.3. The molecule has 2 aliphatic rings. The highest BCUT2D eigenvalue weighted by Crippen LogP contribution is 2.49. The third-order valence-electron chi connectivity index (χ3n) is 9.54. The number of phenolic OH excluding ortho intramolecular Hbond substituents is 3. The highest BCUT2D eigenvalue weighted by molar-refractivity contribution is 6.36. The van der Waals surface area contributed by atoms with E-state index in [4.69, 9.17) is 4.74 Å². The van der Waals surface area contributed by atoms with Gasteiger partial charge in [0.25, 0.3) is 0 Å². The standard InChI is InChI=1S/C35H46O9/c1-18(11-12-23(37)34(7)15-14-24(44-34)33(5,6)42)9-8-10-19(2)13-16-35(43)31(40)26-22(36)17-20(3)25-27(26)28(32(35)41)30(39)21(4)29(25)38/h9,13,17,23-24,36-39,42-43H,8,10-12,14-16H2,1-7H3/b18-9+,19-13+/t23?,24?,34?,35-/m0/s1. The van der Waals surface area contributed by atoms with Gasteiger partial charge in [-0.3, -0.25) is 9.59 Å². The largest absolute Gasteiger partial charge is 0.507 e. The fourth-order valence-corrected chi connectivity index (χ4v) is 6.46. The molecule has 6 N–H and O–H groups in total. The average molecular weight is 611 g/mol. The zero-order chi connectivity index (χ0) is 32.9. The molecule has 0 bridgehead atoms. The Balaban J connectivity index is 1.42.